The van der Waals surface area contributed by atoms with Gasteiger partial charge in [0.15, 0.2) is 0 Å². The van der Waals surface area contributed by atoms with Gasteiger partial charge >= 0.3 is 0 Å². The Bertz CT molecular complexity index is 193. The van der Waals surface area contributed by atoms with Crippen LogP contribution < -0.4 is 0 Å². The van der Waals surface area contributed by atoms with Crippen LogP contribution in [0.15, 0.2) is 0 Å². The van der Waals surface area contributed by atoms with E-state index in [1.165, 1.54) is 13.8 Å². The van der Waals surface area contributed by atoms with E-state index >= 15 is 0 Å². The molecule has 0 saturated carbocycles. The molecule has 0 amide bonds. The number of carbonyl (C=O) groups excluding carboxylic acids is 2. The first-order valence-electron chi connectivity index (χ1n) is 5.85. The van der Waals surface area contributed by atoms with Crippen molar-refractivity contribution in [3.05, 3.63) is 0 Å². The van der Waals surface area contributed by atoms with E-state index in [0.29, 0.717) is 52.5 Å². The highest BCUT2D eigenvalue weighted by Gasteiger charge is 1.95. The second kappa shape index (κ2) is 11.7. The summed E-state index contributed by atoms with van der Waals surface area (Å²) in [4.78, 5) is 21.2. The minimum Gasteiger partial charge on any atom is -0.379 e. The van der Waals surface area contributed by atoms with Crippen LogP contribution in [0.2, 0.25) is 0 Å². The molecule has 0 bridgehead atoms. The van der Waals surface area contributed by atoms with Crippen molar-refractivity contribution in [2.45, 2.75) is 26.7 Å². The van der Waals surface area contributed by atoms with Crippen LogP contribution in [-0.2, 0) is 23.8 Å². The summed E-state index contributed by atoms with van der Waals surface area (Å²) in [5, 5.41) is 0. The van der Waals surface area contributed by atoms with Gasteiger partial charge < -0.3 is 14.2 Å². The fourth-order valence-electron chi connectivity index (χ4n) is 0.974. The molecule has 0 atom stereocenters. The average molecular weight is 246 g/mol. The lowest BCUT2D eigenvalue weighted by Gasteiger charge is -2.05. The van der Waals surface area contributed by atoms with E-state index in [0.717, 1.165) is 0 Å². The third-order valence-corrected chi connectivity index (χ3v) is 1.94. The SMILES string of the molecule is CC(=O)CCOCCOCCOCCC(C)=O. The van der Waals surface area contributed by atoms with Crippen molar-refractivity contribution in [3.63, 3.8) is 0 Å². The molecular weight excluding hydrogens is 224 g/mol. The monoisotopic (exact) mass is 246 g/mol. The van der Waals surface area contributed by atoms with Crippen LogP contribution in [0.4, 0.5) is 0 Å². The van der Waals surface area contributed by atoms with E-state index in [4.69, 9.17) is 14.2 Å². The minimum absolute atomic E-state index is 0.129. The van der Waals surface area contributed by atoms with Crippen LogP contribution in [0, 0.1) is 0 Å². The van der Waals surface area contributed by atoms with Gasteiger partial charge in [0.05, 0.1) is 39.6 Å². The highest BCUT2D eigenvalue weighted by Crippen LogP contribution is 1.87. The summed E-state index contributed by atoms with van der Waals surface area (Å²) in [6, 6.07) is 0. The van der Waals surface area contributed by atoms with Gasteiger partial charge in [0.1, 0.15) is 11.6 Å². The topological polar surface area (TPSA) is 61.8 Å². The molecule has 0 aliphatic heterocycles. The molecule has 0 radical (unpaired) electrons. The van der Waals surface area contributed by atoms with E-state index in [1.807, 2.05) is 0 Å². The van der Waals surface area contributed by atoms with Crippen LogP contribution in [0.5, 0.6) is 0 Å². The smallest absolute Gasteiger partial charge is 0.132 e. The van der Waals surface area contributed by atoms with Crippen LogP contribution >= 0.6 is 0 Å². The third kappa shape index (κ3) is 15.2. The number of ether oxygens (including phenoxy) is 3. The highest BCUT2D eigenvalue weighted by atomic mass is 16.5. The first-order valence-corrected chi connectivity index (χ1v) is 5.85. The normalized spacial score (nSPS) is 10.5. The first kappa shape index (κ1) is 16.2. The van der Waals surface area contributed by atoms with Gasteiger partial charge in [0, 0.05) is 12.8 Å². The largest absolute Gasteiger partial charge is 0.379 e. The van der Waals surface area contributed by atoms with Crippen LogP contribution in [0.25, 0.3) is 0 Å². The van der Waals surface area contributed by atoms with Crippen molar-refractivity contribution in [1.29, 1.82) is 0 Å². The van der Waals surface area contributed by atoms with Gasteiger partial charge in [-0.3, -0.25) is 9.59 Å². The molecule has 0 unspecified atom stereocenters. The standard InChI is InChI=1S/C12H22O5/c1-11(13)3-5-15-7-9-17-10-8-16-6-4-12(2)14/h3-10H2,1-2H3. The van der Waals surface area contributed by atoms with Gasteiger partial charge in [-0.2, -0.15) is 0 Å². The lowest BCUT2D eigenvalue weighted by atomic mass is 10.3. The maximum Gasteiger partial charge on any atom is 0.132 e. The maximum absolute atomic E-state index is 10.6. The summed E-state index contributed by atoms with van der Waals surface area (Å²) < 4.78 is 15.6. The first-order chi connectivity index (χ1) is 8.13. The molecular formula is C12H22O5. The number of rotatable bonds is 12. The number of hydrogen-bond acceptors (Lipinski definition) is 5. The fraction of sp³-hybridized carbons (Fsp3) is 0.833. The molecule has 0 aromatic rings. The van der Waals surface area contributed by atoms with Crippen molar-refractivity contribution in [2.24, 2.45) is 0 Å². The second-order valence-electron chi connectivity index (χ2n) is 3.74. The van der Waals surface area contributed by atoms with Gasteiger partial charge in [-0.15, -0.1) is 0 Å². The Morgan fingerprint density at radius 3 is 1.24 bits per heavy atom. The van der Waals surface area contributed by atoms with Gasteiger partial charge in [-0.1, -0.05) is 0 Å². The van der Waals surface area contributed by atoms with Crippen LogP contribution in [0.1, 0.15) is 26.7 Å². The molecule has 0 fully saturated rings. The Labute approximate surface area is 102 Å². The Balaban J connectivity index is 2.98. The molecule has 100 valence electrons. The minimum atomic E-state index is 0.129. The summed E-state index contributed by atoms with van der Waals surface area (Å²) in [6.07, 6.45) is 0.905. The lowest BCUT2D eigenvalue weighted by molar-refractivity contribution is -0.118. The van der Waals surface area contributed by atoms with E-state index in [9.17, 15) is 9.59 Å². The zero-order chi connectivity index (χ0) is 12.9. The predicted molar refractivity (Wildman–Crippen MR) is 63.1 cm³/mol. The maximum atomic E-state index is 10.6. The Morgan fingerprint density at radius 2 is 0.941 bits per heavy atom. The van der Waals surface area contributed by atoms with E-state index in [-0.39, 0.29) is 11.6 Å². The van der Waals surface area contributed by atoms with Crippen molar-refractivity contribution < 1.29 is 23.8 Å². The second-order valence-corrected chi connectivity index (χ2v) is 3.74. The van der Waals surface area contributed by atoms with Gasteiger partial charge in [0.2, 0.25) is 0 Å². The Hall–Kier alpha value is -0.780. The molecule has 0 spiro atoms. The fourth-order valence-corrected chi connectivity index (χ4v) is 0.974. The zero-order valence-electron chi connectivity index (χ0n) is 10.7. The molecule has 0 aromatic heterocycles. The molecule has 0 aliphatic rings. The Kier molecular flexibility index (Phi) is 11.2. The summed E-state index contributed by atoms with van der Waals surface area (Å²) in [7, 11) is 0. The molecule has 0 rings (SSSR count). The quantitative estimate of drug-likeness (QED) is 0.481. The number of carbonyl (C=O) groups is 2. The molecule has 0 N–H and O–H groups in total. The molecule has 17 heavy (non-hydrogen) atoms. The predicted octanol–water partition coefficient (Wildman–Crippen LogP) is 0.994. The van der Waals surface area contributed by atoms with Gasteiger partial charge in [0.25, 0.3) is 0 Å². The van der Waals surface area contributed by atoms with Crippen LogP contribution in [0.3, 0.4) is 0 Å². The third-order valence-electron chi connectivity index (χ3n) is 1.94. The van der Waals surface area contributed by atoms with Crippen molar-refractivity contribution in [3.8, 4) is 0 Å². The Morgan fingerprint density at radius 1 is 0.647 bits per heavy atom. The summed E-state index contributed by atoms with van der Waals surface area (Å²) in [6.45, 7) is 5.95. The highest BCUT2D eigenvalue weighted by molar-refractivity contribution is 5.75. The number of ketones is 2. The van der Waals surface area contributed by atoms with Crippen molar-refractivity contribution in [1.82, 2.24) is 0 Å². The number of hydrogen-bond donors (Lipinski definition) is 0. The van der Waals surface area contributed by atoms with E-state index in [2.05, 4.69) is 0 Å². The molecule has 5 heteroatoms. The van der Waals surface area contributed by atoms with Crippen LogP contribution in [-0.4, -0.2) is 51.2 Å². The van der Waals surface area contributed by atoms with Gasteiger partial charge in [-0.25, -0.2) is 0 Å². The number of Topliss-reactive ketones (excluding diaryl/α,β-unsaturated/α-hetero) is 2. The lowest BCUT2D eigenvalue weighted by Crippen LogP contribution is -2.11. The summed E-state index contributed by atoms with van der Waals surface area (Å²) in [5.41, 5.74) is 0. The van der Waals surface area contributed by atoms with Gasteiger partial charge in [-0.05, 0) is 13.8 Å². The summed E-state index contributed by atoms with van der Waals surface area (Å²) >= 11 is 0. The molecule has 5 nitrogen and oxygen atoms in total. The zero-order valence-corrected chi connectivity index (χ0v) is 10.7. The summed E-state index contributed by atoms with van der Waals surface area (Å²) in [5.74, 6) is 0.259. The van der Waals surface area contributed by atoms with Crippen molar-refractivity contribution in [2.75, 3.05) is 39.6 Å². The molecule has 0 heterocycles. The van der Waals surface area contributed by atoms with E-state index < -0.39 is 0 Å². The van der Waals surface area contributed by atoms with E-state index in [1.54, 1.807) is 0 Å². The van der Waals surface area contributed by atoms with Crippen molar-refractivity contribution >= 4 is 11.6 Å². The molecule has 0 aromatic carbocycles. The average Bonchev–Trinajstić information content (AvgIpc) is 2.25. The molecule has 0 saturated heterocycles. The molecule has 0 aliphatic carbocycles.